The lowest BCUT2D eigenvalue weighted by atomic mass is 9.98. The van der Waals surface area contributed by atoms with E-state index in [9.17, 15) is 0 Å². The molecule has 0 saturated carbocycles. The maximum absolute atomic E-state index is 2.24. The first-order valence-electron chi connectivity index (χ1n) is 5.71. The fraction of sp³-hybridized carbons (Fsp3) is 0.467. The quantitative estimate of drug-likeness (QED) is 0.572. The Morgan fingerprint density at radius 3 is 2.20 bits per heavy atom. The molecule has 0 spiro atoms. The molecule has 1 aliphatic rings. The maximum atomic E-state index is 2.24. The Kier molecular flexibility index (Phi) is 4.14. The minimum Gasteiger partial charge on any atom is -0.0836 e. The van der Waals surface area contributed by atoms with E-state index in [0.29, 0.717) is 5.41 Å². The summed E-state index contributed by atoms with van der Waals surface area (Å²) in [6, 6.07) is 8.58. The van der Waals surface area contributed by atoms with E-state index in [2.05, 4.69) is 64.1 Å². The van der Waals surface area contributed by atoms with Crippen molar-refractivity contribution in [3.63, 3.8) is 0 Å². The molecule has 1 aromatic rings. The monoisotopic (exact) mass is 202 g/mol. The zero-order valence-corrected chi connectivity index (χ0v) is 10.4. The second kappa shape index (κ2) is 5.16. The van der Waals surface area contributed by atoms with Crippen LogP contribution in [0.25, 0.3) is 6.08 Å². The molecule has 0 fully saturated rings. The lowest BCUT2D eigenvalue weighted by molar-refractivity contribution is 0.469. The second-order valence-corrected chi connectivity index (χ2v) is 5.64. The summed E-state index contributed by atoms with van der Waals surface area (Å²) in [5, 5.41) is 0. The summed E-state index contributed by atoms with van der Waals surface area (Å²) >= 11 is 0. The molecule has 0 bridgehead atoms. The van der Waals surface area contributed by atoms with Crippen molar-refractivity contribution in [1.82, 2.24) is 0 Å². The highest BCUT2D eigenvalue weighted by molar-refractivity contribution is 5.55. The molecule has 0 aliphatic heterocycles. The number of allylic oxidation sites excluding steroid dienone is 1. The Hall–Kier alpha value is -1.04. The second-order valence-electron chi connectivity index (χ2n) is 5.64. The molecule has 0 atom stereocenters. The molecule has 0 radical (unpaired) electrons. The van der Waals surface area contributed by atoms with Crippen molar-refractivity contribution in [2.24, 2.45) is 5.41 Å². The van der Waals surface area contributed by atoms with Gasteiger partial charge in [-0.05, 0) is 29.4 Å². The Morgan fingerprint density at radius 2 is 1.60 bits per heavy atom. The van der Waals surface area contributed by atoms with Crippen molar-refractivity contribution < 1.29 is 0 Å². The zero-order chi connectivity index (χ0) is 11.3. The van der Waals surface area contributed by atoms with E-state index in [4.69, 9.17) is 0 Å². The maximum Gasteiger partial charge on any atom is -0.0228 e. The Bertz CT molecular complexity index is 320. The first-order chi connectivity index (χ1) is 6.97. The van der Waals surface area contributed by atoms with Crippen LogP contribution in [0, 0.1) is 5.41 Å². The van der Waals surface area contributed by atoms with Crippen molar-refractivity contribution in [2.75, 3.05) is 0 Å². The largest absolute Gasteiger partial charge is 0.0836 e. The van der Waals surface area contributed by atoms with E-state index in [1.54, 1.807) is 0 Å². The van der Waals surface area contributed by atoms with Gasteiger partial charge in [0.25, 0.3) is 0 Å². The Labute approximate surface area is 94.0 Å². The molecule has 0 nitrogen and oxygen atoms in total. The third-order valence-electron chi connectivity index (χ3n) is 1.93. The summed E-state index contributed by atoms with van der Waals surface area (Å²) in [6.07, 6.45) is 6.87. The molecule has 0 N–H and O–H groups in total. The number of benzene rings is 1. The normalized spacial score (nSPS) is 13.9. The smallest absolute Gasteiger partial charge is 0.0228 e. The first-order valence-corrected chi connectivity index (χ1v) is 5.71. The van der Waals surface area contributed by atoms with Crippen LogP contribution in [0.5, 0.6) is 0 Å². The van der Waals surface area contributed by atoms with E-state index in [-0.39, 0.29) is 0 Å². The molecular weight excluding hydrogens is 180 g/mol. The van der Waals surface area contributed by atoms with Crippen molar-refractivity contribution in [3.05, 3.63) is 41.5 Å². The van der Waals surface area contributed by atoms with E-state index < -0.39 is 0 Å². The molecule has 0 heterocycles. The SMILES string of the molecule is C1=Cc2ccccc2CC1.CC(C)(C)C. The predicted molar refractivity (Wildman–Crippen MR) is 68.9 cm³/mol. The van der Waals surface area contributed by atoms with Crippen molar-refractivity contribution >= 4 is 6.08 Å². The Morgan fingerprint density at radius 1 is 1.00 bits per heavy atom. The number of rotatable bonds is 0. The van der Waals surface area contributed by atoms with Gasteiger partial charge in [-0.25, -0.2) is 0 Å². The van der Waals surface area contributed by atoms with Gasteiger partial charge in [-0.15, -0.1) is 0 Å². The molecule has 2 rings (SSSR count). The number of hydrogen-bond donors (Lipinski definition) is 0. The molecule has 1 aliphatic carbocycles. The van der Waals surface area contributed by atoms with Crippen LogP contribution >= 0.6 is 0 Å². The van der Waals surface area contributed by atoms with Crippen molar-refractivity contribution in [3.8, 4) is 0 Å². The average Bonchev–Trinajstić information content (AvgIpc) is 2.16. The van der Waals surface area contributed by atoms with Gasteiger partial charge < -0.3 is 0 Å². The molecule has 0 unspecified atom stereocenters. The summed E-state index contributed by atoms with van der Waals surface area (Å²) in [7, 11) is 0. The van der Waals surface area contributed by atoms with Gasteiger partial charge >= 0.3 is 0 Å². The van der Waals surface area contributed by atoms with Gasteiger partial charge in [0, 0.05) is 0 Å². The molecule has 0 amide bonds. The minimum atomic E-state index is 0.500. The first kappa shape index (κ1) is 12.0. The standard InChI is InChI=1S/C10H10.C5H12/c1-2-6-10-8-4-3-7-9(10)5-1;1-5(2,3)4/h1-3,5-7H,4,8H2;1-4H3. The molecule has 0 heteroatoms. The third kappa shape index (κ3) is 5.41. The van der Waals surface area contributed by atoms with Gasteiger partial charge in [-0.1, -0.05) is 64.1 Å². The molecule has 82 valence electrons. The summed E-state index contributed by atoms with van der Waals surface area (Å²) in [4.78, 5) is 0. The molecule has 15 heavy (non-hydrogen) atoms. The van der Waals surface area contributed by atoms with Gasteiger partial charge in [0.2, 0.25) is 0 Å². The van der Waals surface area contributed by atoms with Crippen molar-refractivity contribution in [1.29, 1.82) is 0 Å². The molecule has 0 saturated heterocycles. The van der Waals surface area contributed by atoms with Gasteiger partial charge in [-0.2, -0.15) is 0 Å². The molecule has 0 aromatic heterocycles. The summed E-state index contributed by atoms with van der Waals surface area (Å²) in [5.41, 5.74) is 3.39. The van der Waals surface area contributed by atoms with Crippen LogP contribution in [0.3, 0.4) is 0 Å². The van der Waals surface area contributed by atoms with Crippen LogP contribution in [0.2, 0.25) is 0 Å². The molecular formula is C15H22. The lowest BCUT2D eigenvalue weighted by Gasteiger charge is -2.07. The van der Waals surface area contributed by atoms with E-state index in [1.807, 2.05) is 0 Å². The number of aryl methyl sites for hydroxylation is 1. The van der Waals surface area contributed by atoms with Crippen molar-refractivity contribution in [2.45, 2.75) is 40.5 Å². The Balaban J connectivity index is 0.000000195. The third-order valence-corrected chi connectivity index (χ3v) is 1.93. The van der Waals surface area contributed by atoms with Crippen LogP contribution in [-0.2, 0) is 6.42 Å². The van der Waals surface area contributed by atoms with Crippen LogP contribution < -0.4 is 0 Å². The molecule has 1 aromatic carbocycles. The highest BCUT2D eigenvalue weighted by atomic mass is 14.1. The van der Waals surface area contributed by atoms with Crippen LogP contribution in [0.1, 0.15) is 45.2 Å². The van der Waals surface area contributed by atoms with E-state index in [1.165, 1.54) is 24.0 Å². The number of fused-ring (bicyclic) bond motifs is 1. The highest BCUT2D eigenvalue weighted by Gasteiger charge is 2.00. The lowest BCUT2D eigenvalue weighted by Crippen LogP contribution is -1.93. The number of hydrogen-bond acceptors (Lipinski definition) is 0. The van der Waals surface area contributed by atoms with E-state index in [0.717, 1.165) is 0 Å². The summed E-state index contributed by atoms with van der Waals surface area (Å²) < 4.78 is 0. The highest BCUT2D eigenvalue weighted by Crippen LogP contribution is 2.17. The van der Waals surface area contributed by atoms with Crippen LogP contribution in [-0.4, -0.2) is 0 Å². The minimum absolute atomic E-state index is 0.500. The fourth-order valence-electron chi connectivity index (χ4n) is 1.37. The topological polar surface area (TPSA) is 0 Å². The van der Waals surface area contributed by atoms with Crippen LogP contribution in [0.4, 0.5) is 0 Å². The van der Waals surface area contributed by atoms with E-state index >= 15 is 0 Å². The summed E-state index contributed by atoms with van der Waals surface area (Å²) in [5.74, 6) is 0. The average molecular weight is 202 g/mol. The van der Waals surface area contributed by atoms with Crippen LogP contribution in [0.15, 0.2) is 30.3 Å². The van der Waals surface area contributed by atoms with Gasteiger partial charge in [0.05, 0.1) is 0 Å². The predicted octanol–water partition coefficient (Wildman–Crippen LogP) is 4.70. The fourth-order valence-corrected chi connectivity index (χ4v) is 1.37. The van der Waals surface area contributed by atoms with Gasteiger partial charge in [-0.3, -0.25) is 0 Å². The summed E-state index contributed by atoms with van der Waals surface area (Å²) in [6.45, 7) is 8.75. The van der Waals surface area contributed by atoms with Gasteiger partial charge in [0.15, 0.2) is 0 Å². The zero-order valence-electron chi connectivity index (χ0n) is 10.4. The van der Waals surface area contributed by atoms with Gasteiger partial charge in [0.1, 0.15) is 0 Å².